The fourth-order valence-corrected chi connectivity index (χ4v) is 5.03. The number of anilines is 1. The Morgan fingerprint density at radius 3 is 2.62 bits per heavy atom. The lowest BCUT2D eigenvalue weighted by molar-refractivity contribution is 0.514. The standard InChI is InChI=1S/C28H23FN8/c1-15-4-17(6-18(29)5-15)22-9-31-11-26-20(22)8-24(33-26)28-21-7-16(2-3-23(21)35-36-28)25-10-32-12-27(34-25)37-13-19(30)14-37/h2-12,19,33H,13-14,30H2,1H3,(H,35,36). The maximum Gasteiger partial charge on any atom is 0.147 e. The van der Waals surface area contributed by atoms with Crippen molar-refractivity contribution in [1.29, 1.82) is 0 Å². The van der Waals surface area contributed by atoms with Gasteiger partial charge in [0.15, 0.2) is 0 Å². The summed E-state index contributed by atoms with van der Waals surface area (Å²) < 4.78 is 14.1. The molecule has 0 atom stereocenters. The first-order valence-electron chi connectivity index (χ1n) is 12.1. The number of aryl methyl sites for hydroxylation is 1. The van der Waals surface area contributed by atoms with Gasteiger partial charge in [-0.05, 0) is 48.4 Å². The van der Waals surface area contributed by atoms with Crippen LogP contribution in [0.2, 0.25) is 0 Å². The van der Waals surface area contributed by atoms with Gasteiger partial charge in [-0.15, -0.1) is 0 Å². The van der Waals surface area contributed by atoms with E-state index >= 15 is 0 Å². The molecular formula is C28H23FN8. The molecule has 5 heterocycles. The number of rotatable bonds is 4. The van der Waals surface area contributed by atoms with E-state index in [1.54, 1.807) is 24.8 Å². The number of hydrogen-bond acceptors (Lipinski definition) is 6. The fraction of sp³-hybridized carbons (Fsp3) is 0.143. The maximum atomic E-state index is 14.1. The van der Waals surface area contributed by atoms with Gasteiger partial charge in [-0.3, -0.25) is 15.1 Å². The van der Waals surface area contributed by atoms with Gasteiger partial charge >= 0.3 is 0 Å². The number of nitrogens with one attached hydrogen (secondary N) is 2. The number of benzene rings is 2. The van der Waals surface area contributed by atoms with Crippen molar-refractivity contribution < 1.29 is 4.39 Å². The topological polar surface area (TPSA) is 112 Å². The molecule has 7 rings (SSSR count). The molecule has 0 amide bonds. The molecule has 4 N–H and O–H groups in total. The zero-order valence-corrected chi connectivity index (χ0v) is 20.0. The molecule has 1 aliphatic heterocycles. The van der Waals surface area contributed by atoms with Crippen molar-refractivity contribution >= 4 is 27.6 Å². The van der Waals surface area contributed by atoms with Gasteiger partial charge in [0.05, 0.1) is 41.0 Å². The molecular weight excluding hydrogens is 467 g/mol. The lowest BCUT2D eigenvalue weighted by atomic mass is 10.0. The minimum Gasteiger partial charge on any atom is -0.352 e. The first kappa shape index (κ1) is 21.6. The van der Waals surface area contributed by atoms with Gasteiger partial charge in [0.25, 0.3) is 0 Å². The summed E-state index contributed by atoms with van der Waals surface area (Å²) in [5.41, 5.74) is 13.6. The van der Waals surface area contributed by atoms with E-state index in [0.717, 1.165) is 80.0 Å². The third kappa shape index (κ3) is 3.71. The molecule has 1 saturated heterocycles. The van der Waals surface area contributed by atoms with Crippen LogP contribution in [-0.4, -0.2) is 49.3 Å². The molecule has 1 fully saturated rings. The molecule has 0 unspecified atom stereocenters. The highest BCUT2D eigenvalue weighted by Gasteiger charge is 2.24. The monoisotopic (exact) mass is 490 g/mol. The molecule has 0 spiro atoms. The smallest absolute Gasteiger partial charge is 0.147 e. The highest BCUT2D eigenvalue weighted by molar-refractivity contribution is 6.01. The van der Waals surface area contributed by atoms with E-state index in [4.69, 9.17) is 10.7 Å². The number of halogens is 1. The molecule has 6 aromatic rings. The van der Waals surface area contributed by atoms with Crippen LogP contribution in [0.5, 0.6) is 0 Å². The Balaban J connectivity index is 1.31. The molecule has 2 aromatic carbocycles. The highest BCUT2D eigenvalue weighted by atomic mass is 19.1. The zero-order valence-electron chi connectivity index (χ0n) is 20.0. The molecule has 1 aliphatic rings. The van der Waals surface area contributed by atoms with Crippen molar-refractivity contribution in [3.8, 4) is 33.8 Å². The lowest BCUT2D eigenvalue weighted by Crippen LogP contribution is -2.56. The minimum absolute atomic E-state index is 0.187. The average molecular weight is 491 g/mol. The maximum absolute atomic E-state index is 14.1. The molecule has 0 aliphatic carbocycles. The lowest BCUT2D eigenvalue weighted by Gasteiger charge is -2.37. The Labute approximate surface area is 211 Å². The third-order valence-corrected chi connectivity index (χ3v) is 6.87. The summed E-state index contributed by atoms with van der Waals surface area (Å²) in [6.45, 7) is 3.46. The molecule has 4 aromatic heterocycles. The first-order valence-corrected chi connectivity index (χ1v) is 12.1. The summed E-state index contributed by atoms with van der Waals surface area (Å²) in [7, 11) is 0. The van der Waals surface area contributed by atoms with Crippen molar-refractivity contribution in [1.82, 2.24) is 30.1 Å². The van der Waals surface area contributed by atoms with Gasteiger partial charge in [-0.2, -0.15) is 5.10 Å². The summed E-state index contributed by atoms with van der Waals surface area (Å²) in [5.74, 6) is 0.563. The number of aromatic amines is 2. The van der Waals surface area contributed by atoms with Gasteiger partial charge in [0, 0.05) is 47.2 Å². The minimum atomic E-state index is -0.266. The van der Waals surface area contributed by atoms with Crippen molar-refractivity contribution in [2.24, 2.45) is 5.73 Å². The van der Waals surface area contributed by atoms with Crippen LogP contribution in [0.1, 0.15) is 5.56 Å². The number of aromatic nitrogens is 6. The van der Waals surface area contributed by atoms with Crippen LogP contribution in [0.15, 0.2) is 67.3 Å². The van der Waals surface area contributed by atoms with Crippen LogP contribution in [0.25, 0.3) is 55.6 Å². The van der Waals surface area contributed by atoms with E-state index in [9.17, 15) is 4.39 Å². The molecule has 182 valence electrons. The van der Waals surface area contributed by atoms with Gasteiger partial charge in [-0.1, -0.05) is 12.1 Å². The van der Waals surface area contributed by atoms with Gasteiger partial charge in [-0.25, -0.2) is 9.37 Å². The van der Waals surface area contributed by atoms with Gasteiger partial charge < -0.3 is 15.6 Å². The fourth-order valence-electron chi connectivity index (χ4n) is 5.03. The number of nitrogens with two attached hydrogens (primary N) is 1. The Hall–Kier alpha value is -4.63. The SMILES string of the molecule is Cc1cc(F)cc(-c2cncc3[nH]c(-c4n[nH]c5ccc(-c6cncc(N7CC(N)C7)n6)cc45)cc23)c1. The summed E-state index contributed by atoms with van der Waals surface area (Å²) in [5, 5.41) is 9.65. The normalized spacial score (nSPS) is 14.0. The van der Waals surface area contributed by atoms with Gasteiger partial charge in [0.2, 0.25) is 0 Å². The van der Waals surface area contributed by atoms with Crippen LogP contribution in [0.4, 0.5) is 10.2 Å². The Kier molecular flexibility index (Phi) is 4.80. The zero-order chi connectivity index (χ0) is 25.1. The largest absolute Gasteiger partial charge is 0.352 e. The number of pyridine rings is 1. The van der Waals surface area contributed by atoms with E-state index in [1.807, 2.05) is 31.2 Å². The van der Waals surface area contributed by atoms with E-state index in [1.165, 1.54) is 12.1 Å². The van der Waals surface area contributed by atoms with Crippen LogP contribution in [0, 0.1) is 12.7 Å². The summed E-state index contributed by atoms with van der Waals surface area (Å²) in [6, 6.07) is 13.3. The molecule has 8 nitrogen and oxygen atoms in total. The molecule has 37 heavy (non-hydrogen) atoms. The van der Waals surface area contributed by atoms with Gasteiger partial charge in [0.1, 0.15) is 17.3 Å². The summed E-state index contributed by atoms with van der Waals surface area (Å²) in [4.78, 5) is 19.2. The number of hydrogen-bond donors (Lipinski definition) is 3. The predicted molar refractivity (Wildman–Crippen MR) is 143 cm³/mol. The number of fused-ring (bicyclic) bond motifs is 2. The van der Waals surface area contributed by atoms with E-state index < -0.39 is 0 Å². The number of H-pyrrole nitrogens is 2. The van der Waals surface area contributed by atoms with Crippen molar-refractivity contribution in [2.45, 2.75) is 13.0 Å². The summed E-state index contributed by atoms with van der Waals surface area (Å²) >= 11 is 0. The second kappa shape index (κ2) is 8.21. The Bertz CT molecular complexity index is 1780. The third-order valence-electron chi connectivity index (χ3n) is 6.87. The molecule has 0 radical (unpaired) electrons. The van der Waals surface area contributed by atoms with Crippen molar-refractivity contribution in [3.63, 3.8) is 0 Å². The van der Waals surface area contributed by atoms with Crippen molar-refractivity contribution in [3.05, 3.63) is 78.6 Å². The quantitative estimate of drug-likeness (QED) is 0.326. The average Bonchev–Trinajstić information content (AvgIpc) is 3.49. The molecule has 0 bridgehead atoms. The molecule has 0 saturated carbocycles. The van der Waals surface area contributed by atoms with E-state index in [-0.39, 0.29) is 11.9 Å². The number of nitrogens with zero attached hydrogens (tertiary/aromatic N) is 5. The summed E-state index contributed by atoms with van der Waals surface area (Å²) in [6.07, 6.45) is 7.09. The second-order valence-corrected chi connectivity index (χ2v) is 9.61. The Morgan fingerprint density at radius 2 is 1.78 bits per heavy atom. The van der Waals surface area contributed by atoms with Crippen LogP contribution in [-0.2, 0) is 0 Å². The first-order chi connectivity index (χ1) is 18.0. The van der Waals surface area contributed by atoms with Crippen molar-refractivity contribution in [2.75, 3.05) is 18.0 Å². The molecule has 9 heteroatoms. The van der Waals surface area contributed by atoms with Crippen LogP contribution < -0.4 is 10.6 Å². The van der Waals surface area contributed by atoms with E-state index in [0.29, 0.717) is 0 Å². The highest BCUT2D eigenvalue weighted by Crippen LogP contribution is 2.35. The van der Waals surface area contributed by atoms with E-state index in [2.05, 4.69) is 36.1 Å². The van der Waals surface area contributed by atoms with Crippen LogP contribution in [0.3, 0.4) is 0 Å². The van der Waals surface area contributed by atoms with Crippen LogP contribution >= 0.6 is 0 Å². The predicted octanol–water partition coefficient (Wildman–Crippen LogP) is 4.83. The second-order valence-electron chi connectivity index (χ2n) is 9.61. The Morgan fingerprint density at radius 1 is 0.919 bits per heavy atom.